The van der Waals surface area contributed by atoms with Gasteiger partial charge in [-0.1, -0.05) is 168 Å². The molecule has 0 aromatic heterocycles. The summed E-state index contributed by atoms with van der Waals surface area (Å²) in [5.41, 5.74) is 0.408. The lowest BCUT2D eigenvalue weighted by atomic mass is 9.79. The van der Waals surface area contributed by atoms with Crippen LogP contribution in [0.1, 0.15) is 257 Å². The van der Waals surface area contributed by atoms with Crippen LogP contribution in [0.15, 0.2) is 11.6 Å². The van der Waals surface area contributed by atoms with Crippen LogP contribution in [0.3, 0.4) is 0 Å². The van der Waals surface area contributed by atoms with Crippen molar-refractivity contribution in [1.82, 2.24) is 0 Å². The summed E-state index contributed by atoms with van der Waals surface area (Å²) in [6.07, 6.45) is 25.7. The fourth-order valence-electron chi connectivity index (χ4n) is 10.8. The van der Waals surface area contributed by atoms with Gasteiger partial charge in [0.05, 0.1) is 12.2 Å². The molecule has 0 aromatic carbocycles. The van der Waals surface area contributed by atoms with Crippen molar-refractivity contribution in [3.63, 3.8) is 0 Å². The summed E-state index contributed by atoms with van der Waals surface area (Å²) in [4.78, 5) is 79.3. The van der Waals surface area contributed by atoms with Crippen LogP contribution in [0.2, 0.25) is 0 Å². The average Bonchev–Trinajstić information content (AvgIpc) is 4.08. The van der Waals surface area contributed by atoms with Crippen LogP contribution in [0.5, 0.6) is 0 Å². The van der Waals surface area contributed by atoms with Crippen molar-refractivity contribution in [2.75, 3.05) is 0 Å². The number of Topliss-reactive ketones (excluding diaryl/α,β-unsaturated/α-hetero) is 7. The smallest absolute Gasteiger partial charge is 0.161 e. The van der Waals surface area contributed by atoms with Gasteiger partial charge in [0.25, 0.3) is 0 Å². The van der Waals surface area contributed by atoms with Gasteiger partial charge in [0.2, 0.25) is 0 Å². The number of rotatable bonds is 15. The quantitative estimate of drug-likeness (QED) is 0.122. The number of hydrogen-bond acceptors (Lipinski definition) is 11. The second-order valence-corrected chi connectivity index (χ2v) is 25.8. The van der Waals surface area contributed by atoms with Crippen LogP contribution < -0.4 is 0 Å². The molecular formula is C65H114O11. The summed E-state index contributed by atoms with van der Waals surface area (Å²) in [5, 5.41) is 37.1. The van der Waals surface area contributed by atoms with Crippen molar-refractivity contribution >= 4 is 40.5 Å². The molecule has 6 saturated carbocycles. The van der Waals surface area contributed by atoms with Crippen molar-refractivity contribution in [2.45, 2.75) is 282 Å². The minimum atomic E-state index is -1.18. The number of carbonyl (C=O) groups excluding carboxylic acids is 7. The van der Waals surface area contributed by atoms with Gasteiger partial charge in [0.15, 0.2) is 5.78 Å². The Kier molecular flexibility index (Phi) is 35.7. The molecular weight excluding hydrogens is 957 g/mol. The minimum absolute atomic E-state index is 0.0880. The zero-order valence-corrected chi connectivity index (χ0v) is 50.7. The number of ketones is 7. The molecule has 0 spiro atoms. The molecule has 7 rings (SSSR count). The number of carbonyl (C=O) groups is 7. The third-order valence-electron chi connectivity index (χ3n) is 16.4. The second kappa shape index (κ2) is 38.0. The number of aliphatic hydroxyl groups is 4. The fraction of sp³-hybridized carbons (Fsp3) is 0.862. The maximum Gasteiger partial charge on any atom is 0.161 e. The highest BCUT2D eigenvalue weighted by Gasteiger charge is 2.33. The Morgan fingerprint density at radius 1 is 0.382 bits per heavy atom. The number of hydrogen-bond donors (Lipinski definition) is 4. The third kappa shape index (κ3) is 28.4. The molecule has 440 valence electrons. The maximum absolute atomic E-state index is 11.5. The lowest BCUT2D eigenvalue weighted by Gasteiger charge is -2.27. The lowest BCUT2D eigenvalue weighted by Crippen LogP contribution is -2.41. The maximum atomic E-state index is 11.5. The summed E-state index contributed by atoms with van der Waals surface area (Å²) in [7, 11) is 0. The van der Waals surface area contributed by atoms with Gasteiger partial charge in [-0.25, -0.2) is 0 Å². The Bertz CT molecular complexity index is 1720. The molecule has 0 radical (unpaired) electrons. The largest absolute Gasteiger partial charge is 0.393 e. The Hall–Kier alpha value is -2.73. The summed E-state index contributed by atoms with van der Waals surface area (Å²) < 4.78 is 0. The van der Waals surface area contributed by atoms with E-state index in [1.54, 1.807) is 13.8 Å². The molecule has 7 aliphatic rings. The normalized spacial score (nSPS) is 24.1. The zero-order chi connectivity index (χ0) is 57.8. The van der Waals surface area contributed by atoms with Crippen LogP contribution in [-0.2, 0) is 33.6 Å². The van der Waals surface area contributed by atoms with Gasteiger partial charge < -0.3 is 20.4 Å². The highest BCUT2D eigenvalue weighted by Crippen LogP contribution is 2.33. The van der Waals surface area contributed by atoms with Crippen LogP contribution in [-0.4, -0.2) is 85.3 Å². The molecule has 7 aliphatic carbocycles. The molecule has 3 atom stereocenters. The first-order chi connectivity index (χ1) is 35.6. The topological polar surface area (TPSA) is 200 Å². The number of aliphatic hydroxyl groups excluding tert-OH is 4. The predicted molar refractivity (Wildman–Crippen MR) is 307 cm³/mol. The van der Waals surface area contributed by atoms with Crippen molar-refractivity contribution in [3.05, 3.63) is 11.6 Å². The van der Waals surface area contributed by atoms with Gasteiger partial charge in [-0.15, -0.1) is 0 Å². The molecule has 0 amide bonds. The summed E-state index contributed by atoms with van der Waals surface area (Å²) in [6.45, 7) is 27.4. The van der Waals surface area contributed by atoms with E-state index in [4.69, 9.17) is 0 Å². The Morgan fingerprint density at radius 3 is 0.961 bits per heavy atom. The van der Waals surface area contributed by atoms with E-state index in [0.29, 0.717) is 69.9 Å². The molecule has 0 aliphatic heterocycles. The molecule has 4 N–H and O–H groups in total. The first kappa shape index (κ1) is 71.3. The van der Waals surface area contributed by atoms with E-state index in [0.717, 1.165) is 83.5 Å². The minimum Gasteiger partial charge on any atom is -0.393 e. The Balaban J connectivity index is 0.000000446. The van der Waals surface area contributed by atoms with Crippen LogP contribution in [0.4, 0.5) is 0 Å². The van der Waals surface area contributed by atoms with Gasteiger partial charge >= 0.3 is 0 Å². The van der Waals surface area contributed by atoms with Crippen molar-refractivity contribution < 1.29 is 54.0 Å². The van der Waals surface area contributed by atoms with E-state index in [1.807, 2.05) is 83.1 Å². The summed E-state index contributed by atoms with van der Waals surface area (Å²) >= 11 is 0. The zero-order valence-electron chi connectivity index (χ0n) is 50.7. The molecule has 11 nitrogen and oxygen atoms in total. The molecule has 0 aromatic rings. The average molecular weight is 1070 g/mol. The SMILES string of the molecule is CC(C)C(=O)C1=CC(O)C(O)C(O)C1.CC(C)C(=O)C1CC1.CC(C)C(=O)C1CCC(O)CC1.CC(C)C(=O)C1CCC1.CC(C)C(=O)C1CCCC1.CC(C)C(=O)C1CCCCC1.CC(C)C(=O)CC1CCCCC1. The standard InChI is InChI=1S/C11H20O.C10H16O4.C10H18O2.C10H18O.C9H16O.C8H14O.C7H12O/c1-9(2)11(12)8-10-6-4-3-5-7-10;1-5(2)9(13)6-3-7(11)10(14)8(12)4-6;1-7(2)10(12)8-3-5-9(11)6-4-8;1-8(2)10(11)9-6-4-3-5-7-9;1-7(2)9(10)8-5-3-4-6-8;1-6(2)8(9)7-4-3-5-7;1-5(2)7(8)6-3-4-6/h9-10H,3-8H2,1-2H3;3,5,7-8,10-12,14H,4H2,1-2H3;7-9,11H,3-6H2,1-2H3;8-9H,3-7H2,1-2H3;7-8H,3-6H2,1-2H3;6-7H,3-5H2,1-2H3;5-6H,3-4H2,1-2H3. The van der Waals surface area contributed by atoms with Crippen LogP contribution >= 0.6 is 0 Å². The van der Waals surface area contributed by atoms with Gasteiger partial charge in [-0.3, -0.25) is 33.6 Å². The van der Waals surface area contributed by atoms with Crippen LogP contribution in [0, 0.1) is 76.9 Å². The molecule has 11 heteroatoms. The second-order valence-electron chi connectivity index (χ2n) is 25.8. The molecule has 0 bridgehead atoms. The van der Waals surface area contributed by atoms with Crippen LogP contribution in [0.25, 0.3) is 0 Å². The highest BCUT2D eigenvalue weighted by atomic mass is 16.4. The van der Waals surface area contributed by atoms with E-state index in [2.05, 4.69) is 0 Å². The van der Waals surface area contributed by atoms with E-state index < -0.39 is 18.3 Å². The van der Waals surface area contributed by atoms with Gasteiger partial charge in [-0.05, 0) is 94.6 Å². The van der Waals surface area contributed by atoms with E-state index in [-0.39, 0.29) is 65.7 Å². The van der Waals surface area contributed by atoms with Gasteiger partial charge in [-0.2, -0.15) is 0 Å². The predicted octanol–water partition coefficient (Wildman–Crippen LogP) is 13.4. The lowest BCUT2D eigenvalue weighted by molar-refractivity contribution is -0.128. The fourth-order valence-corrected chi connectivity index (χ4v) is 10.8. The molecule has 0 heterocycles. The first-order valence-corrected chi connectivity index (χ1v) is 30.8. The summed E-state index contributed by atoms with van der Waals surface area (Å²) in [5.74, 6) is 6.59. The van der Waals surface area contributed by atoms with E-state index in [9.17, 15) is 54.0 Å². The highest BCUT2D eigenvalue weighted by molar-refractivity contribution is 5.97. The van der Waals surface area contributed by atoms with Crippen molar-refractivity contribution in [3.8, 4) is 0 Å². The Labute approximate surface area is 463 Å². The van der Waals surface area contributed by atoms with E-state index in [1.165, 1.54) is 76.7 Å². The molecule has 76 heavy (non-hydrogen) atoms. The van der Waals surface area contributed by atoms with E-state index >= 15 is 0 Å². The van der Waals surface area contributed by atoms with Crippen molar-refractivity contribution in [1.29, 1.82) is 0 Å². The van der Waals surface area contributed by atoms with Crippen molar-refractivity contribution in [2.24, 2.45) is 76.9 Å². The first-order valence-electron chi connectivity index (χ1n) is 30.8. The molecule has 3 unspecified atom stereocenters. The van der Waals surface area contributed by atoms with Gasteiger partial charge in [0, 0.05) is 83.9 Å². The third-order valence-corrected chi connectivity index (χ3v) is 16.4. The molecule has 0 saturated heterocycles. The summed E-state index contributed by atoms with van der Waals surface area (Å²) in [6, 6.07) is 0. The monoisotopic (exact) mass is 1070 g/mol. The Morgan fingerprint density at radius 2 is 0.684 bits per heavy atom. The van der Waals surface area contributed by atoms with Gasteiger partial charge in [0.1, 0.15) is 46.9 Å². The molecule has 6 fully saturated rings.